The fourth-order valence-corrected chi connectivity index (χ4v) is 4.94. The number of aromatic nitrogens is 2. The molecule has 1 amide bonds. The number of hydrogen-bond acceptors (Lipinski definition) is 6. The monoisotopic (exact) mass is 491 g/mol. The highest BCUT2D eigenvalue weighted by Crippen LogP contribution is 2.30. The van der Waals surface area contributed by atoms with Gasteiger partial charge in [0.1, 0.15) is 5.82 Å². The fourth-order valence-electron chi connectivity index (χ4n) is 4.43. The Morgan fingerprint density at radius 2 is 2.06 bits per heavy atom. The van der Waals surface area contributed by atoms with Crippen LogP contribution < -0.4 is 5.73 Å². The number of nitrogens with zero attached hydrogens (tertiary/aromatic N) is 4. The first-order valence-corrected chi connectivity index (χ1v) is 11.2. The van der Waals surface area contributed by atoms with Crippen LogP contribution in [0.3, 0.4) is 0 Å². The van der Waals surface area contributed by atoms with Crippen molar-refractivity contribution < 1.29 is 13.9 Å². The van der Waals surface area contributed by atoms with Crippen molar-refractivity contribution in [2.75, 3.05) is 38.6 Å². The molecule has 31 heavy (non-hydrogen) atoms. The van der Waals surface area contributed by atoms with Crippen molar-refractivity contribution in [3.8, 4) is 0 Å². The molecule has 1 aromatic carbocycles. The first-order chi connectivity index (χ1) is 14.7. The van der Waals surface area contributed by atoms with Crippen molar-refractivity contribution in [3.05, 3.63) is 51.5 Å². The molecule has 1 unspecified atom stereocenters. The van der Waals surface area contributed by atoms with Crippen LogP contribution in [-0.2, 0) is 17.6 Å². The molecule has 0 saturated carbocycles. The van der Waals surface area contributed by atoms with Crippen LogP contribution in [0.15, 0.2) is 28.9 Å². The van der Waals surface area contributed by atoms with E-state index in [2.05, 4.69) is 44.6 Å². The molecule has 2 aromatic rings. The Bertz CT molecular complexity index is 980. The highest BCUT2D eigenvalue weighted by Gasteiger charge is 2.39. The summed E-state index contributed by atoms with van der Waals surface area (Å²) < 4.78 is 19.8. The van der Waals surface area contributed by atoms with E-state index in [1.807, 2.05) is 4.90 Å². The van der Waals surface area contributed by atoms with Gasteiger partial charge in [-0.3, -0.25) is 9.69 Å². The number of nitrogens with two attached hydrogens (primary N) is 1. The number of fused-ring (bicyclic) bond motifs is 1. The Labute approximate surface area is 189 Å². The number of carbonyl (C=O) groups is 1. The summed E-state index contributed by atoms with van der Waals surface area (Å²) in [7, 11) is 0. The van der Waals surface area contributed by atoms with E-state index >= 15 is 0 Å². The minimum absolute atomic E-state index is 0.0918. The minimum atomic E-state index is -0.300. The van der Waals surface area contributed by atoms with Crippen molar-refractivity contribution in [3.63, 3.8) is 0 Å². The van der Waals surface area contributed by atoms with Crippen LogP contribution in [-0.4, -0.2) is 70.1 Å². The van der Waals surface area contributed by atoms with E-state index in [1.54, 1.807) is 6.07 Å². The Morgan fingerprint density at radius 1 is 1.32 bits per heavy atom. The van der Waals surface area contributed by atoms with Gasteiger partial charge in [-0.05, 0) is 38.0 Å². The van der Waals surface area contributed by atoms with Gasteiger partial charge in [0, 0.05) is 48.3 Å². The average molecular weight is 492 g/mol. The normalized spacial score (nSPS) is 20.1. The van der Waals surface area contributed by atoms with Gasteiger partial charge in [0.05, 0.1) is 24.5 Å². The third-order valence-corrected chi connectivity index (χ3v) is 6.88. The molecule has 0 aliphatic carbocycles. The van der Waals surface area contributed by atoms with Gasteiger partial charge in [0.25, 0.3) is 5.91 Å². The largest absolute Gasteiger partial charge is 0.379 e. The summed E-state index contributed by atoms with van der Waals surface area (Å²) in [6.07, 6.45) is 2.67. The third-order valence-electron chi connectivity index (χ3n) is 6.14. The van der Waals surface area contributed by atoms with Crippen LogP contribution in [0.25, 0.3) is 0 Å². The number of benzene rings is 1. The molecule has 0 spiro atoms. The molecular formula is C22H27BrFN5O2. The van der Waals surface area contributed by atoms with E-state index in [-0.39, 0.29) is 29.3 Å². The van der Waals surface area contributed by atoms with Crippen molar-refractivity contribution in [2.45, 2.75) is 38.3 Å². The lowest BCUT2D eigenvalue weighted by Crippen LogP contribution is -2.59. The van der Waals surface area contributed by atoms with Gasteiger partial charge >= 0.3 is 0 Å². The van der Waals surface area contributed by atoms with Crippen LogP contribution in [0.2, 0.25) is 0 Å². The zero-order chi connectivity index (χ0) is 22.2. The van der Waals surface area contributed by atoms with Crippen LogP contribution in [0.4, 0.5) is 10.3 Å². The third kappa shape index (κ3) is 4.73. The Morgan fingerprint density at radius 3 is 2.77 bits per heavy atom. The second kappa shape index (κ2) is 8.80. The number of amides is 1. The Hall–Kier alpha value is -2.10. The van der Waals surface area contributed by atoms with Gasteiger partial charge in [0.2, 0.25) is 5.95 Å². The molecule has 2 aliphatic heterocycles. The lowest BCUT2D eigenvalue weighted by Gasteiger charge is -2.46. The van der Waals surface area contributed by atoms with Gasteiger partial charge in [-0.1, -0.05) is 22.0 Å². The number of anilines is 1. The van der Waals surface area contributed by atoms with E-state index in [0.717, 1.165) is 18.7 Å². The van der Waals surface area contributed by atoms with Crippen LogP contribution >= 0.6 is 15.9 Å². The molecule has 1 fully saturated rings. The molecule has 4 rings (SSSR count). The van der Waals surface area contributed by atoms with E-state index in [4.69, 9.17) is 10.5 Å². The first kappa shape index (κ1) is 22.1. The number of ether oxygens (including phenoxy) is 1. The Balaban J connectivity index is 1.66. The smallest absolute Gasteiger partial charge is 0.257 e. The van der Waals surface area contributed by atoms with Gasteiger partial charge < -0.3 is 15.4 Å². The molecule has 0 bridgehead atoms. The Kier molecular flexibility index (Phi) is 6.27. The number of nitrogen functional groups attached to an aromatic ring is 1. The summed E-state index contributed by atoms with van der Waals surface area (Å²) in [4.78, 5) is 26.2. The van der Waals surface area contributed by atoms with Gasteiger partial charge in [-0.15, -0.1) is 0 Å². The molecule has 9 heteroatoms. The lowest BCUT2D eigenvalue weighted by atomic mass is 9.91. The van der Waals surface area contributed by atoms with Crippen LogP contribution in [0.5, 0.6) is 0 Å². The quantitative estimate of drug-likeness (QED) is 0.691. The molecule has 1 atom stereocenters. The second-order valence-corrected chi connectivity index (χ2v) is 9.59. The maximum Gasteiger partial charge on any atom is 0.257 e. The second-order valence-electron chi connectivity index (χ2n) is 8.73. The molecule has 0 radical (unpaired) electrons. The number of carbonyl (C=O) groups excluding carboxylic acids is 1. The minimum Gasteiger partial charge on any atom is -0.379 e. The van der Waals surface area contributed by atoms with Gasteiger partial charge in [-0.25, -0.2) is 14.4 Å². The van der Waals surface area contributed by atoms with Crippen molar-refractivity contribution in [2.24, 2.45) is 0 Å². The lowest BCUT2D eigenvalue weighted by molar-refractivity contribution is -0.0243. The standard InChI is InChI=1S/C22H27BrFN5O2/c1-22(2,28-5-7-31-8-6-28)13-29-16(9-14-3-4-15(24)10-18(14)23)11-19-17(20(29)30)12-26-21(25)27-19/h3-4,10,12,16H,5-9,11,13H2,1-2H3,(H2,25,26,27). The molecule has 2 N–H and O–H groups in total. The van der Waals surface area contributed by atoms with Gasteiger partial charge in [-0.2, -0.15) is 0 Å². The number of rotatable bonds is 5. The number of morpholine rings is 1. The first-order valence-electron chi connectivity index (χ1n) is 10.4. The zero-order valence-corrected chi connectivity index (χ0v) is 19.4. The van der Waals surface area contributed by atoms with Crippen molar-refractivity contribution in [1.29, 1.82) is 0 Å². The topological polar surface area (TPSA) is 84.6 Å². The van der Waals surface area contributed by atoms with E-state index in [1.165, 1.54) is 18.3 Å². The van der Waals surface area contributed by atoms with Gasteiger partial charge in [0.15, 0.2) is 0 Å². The zero-order valence-electron chi connectivity index (χ0n) is 17.8. The molecule has 1 aromatic heterocycles. The summed E-state index contributed by atoms with van der Waals surface area (Å²) in [5.74, 6) is -0.229. The molecular weight excluding hydrogens is 465 g/mol. The maximum absolute atomic E-state index is 13.6. The van der Waals surface area contributed by atoms with E-state index in [0.29, 0.717) is 48.3 Å². The summed E-state index contributed by atoms with van der Waals surface area (Å²) in [5, 5.41) is 0. The molecule has 7 nitrogen and oxygen atoms in total. The fraction of sp³-hybridized carbons (Fsp3) is 0.500. The predicted octanol–water partition coefficient (Wildman–Crippen LogP) is 2.68. The van der Waals surface area contributed by atoms with Crippen LogP contribution in [0.1, 0.15) is 35.5 Å². The SMILES string of the molecule is CC(C)(CN1C(=O)c2cnc(N)nc2CC1Cc1ccc(F)cc1Br)N1CCOCC1. The highest BCUT2D eigenvalue weighted by molar-refractivity contribution is 9.10. The van der Waals surface area contributed by atoms with Crippen molar-refractivity contribution >= 4 is 27.8 Å². The molecule has 2 aliphatic rings. The summed E-state index contributed by atoms with van der Waals surface area (Å²) >= 11 is 3.47. The van der Waals surface area contributed by atoms with Crippen LogP contribution in [0, 0.1) is 5.82 Å². The average Bonchev–Trinajstić information content (AvgIpc) is 2.73. The molecule has 1 saturated heterocycles. The van der Waals surface area contributed by atoms with Crippen molar-refractivity contribution in [1.82, 2.24) is 19.8 Å². The van der Waals surface area contributed by atoms with E-state index < -0.39 is 0 Å². The molecule has 3 heterocycles. The number of hydrogen-bond donors (Lipinski definition) is 1. The number of halogens is 2. The maximum atomic E-state index is 13.6. The summed E-state index contributed by atoms with van der Waals surface area (Å²) in [6.45, 7) is 7.92. The highest BCUT2D eigenvalue weighted by atomic mass is 79.9. The van der Waals surface area contributed by atoms with E-state index in [9.17, 15) is 9.18 Å². The summed E-state index contributed by atoms with van der Waals surface area (Å²) in [5.41, 5.74) is 7.67. The molecule has 166 valence electrons. The summed E-state index contributed by atoms with van der Waals surface area (Å²) in [6, 6.07) is 4.53. The predicted molar refractivity (Wildman–Crippen MR) is 119 cm³/mol.